The van der Waals surface area contributed by atoms with Crippen LogP contribution in [-0.2, 0) is 4.74 Å². The second kappa shape index (κ2) is 6.91. The molecule has 0 bridgehead atoms. The quantitative estimate of drug-likeness (QED) is 0.698. The monoisotopic (exact) mass is 253 g/mol. The minimum Gasteiger partial charge on any atom is -0.378 e. The van der Waals surface area contributed by atoms with Crippen molar-refractivity contribution in [2.45, 2.75) is 71.3 Å². The standard InChI is InChI=1S/C16H31NO/c1-14(2)12-16(8-3-4-9-16)13-17-10-7-15-6-5-11-18-15/h14-15,17H,3-13H2,1-2H3. The highest BCUT2D eigenvalue weighted by Gasteiger charge is 2.33. The Morgan fingerprint density at radius 3 is 2.61 bits per heavy atom. The van der Waals surface area contributed by atoms with Crippen molar-refractivity contribution >= 4 is 0 Å². The number of hydrogen-bond acceptors (Lipinski definition) is 2. The predicted molar refractivity (Wildman–Crippen MR) is 76.8 cm³/mol. The van der Waals surface area contributed by atoms with Gasteiger partial charge in [0.15, 0.2) is 0 Å². The first kappa shape index (κ1) is 14.3. The van der Waals surface area contributed by atoms with Crippen LogP contribution in [0.5, 0.6) is 0 Å². The smallest absolute Gasteiger partial charge is 0.0588 e. The summed E-state index contributed by atoms with van der Waals surface area (Å²) in [5.74, 6) is 0.836. The molecule has 1 unspecified atom stereocenters. The fraction of sp³-hybridized carbons (Fsp3) is 1.00. The van der Waals surface area contributed by atoms with Gasteiger partial charge in [-0.25, -0.2) is 0 Å². The normalized spacial score (nSPS) is 27.2. The summed E-state index contributed by atoms with van der Waals surface area (Å²) in [6.07, 6.45) is 11.5. The Bertz CT molecular complexity index is 227. The molecular weight excluding hydrogens is 222 g/mol. The SMILES string of the molecule is CC(C)CC1(CNCCC2CCCO2)CCCC1. The lowest BCUT2D eigenvalue weighted by Gasteiger charge is -2.31. The first-order chi connectivity index (χ1) is 8.70. The lowest BCUT2D eigenvalue weighted by atomic mass is 9.78. The average Bonchev–Trinajstić information content (AvgIpc) is 2.95. The second-order valence-corrected chi connectivity index (χ2v) is 6.91. The molecule has 0 radical (unpaired) electrons. The molecule has 0 amide bonds. The summed E-state index contributed by atoms with van der Waals surface area (Å²) in [5, 5.41) is 3.72. The van der Waals surface area contributed by atoms with Crippen molar-refractivity contribution in [1.82, 2.24) is 5.32 Å². The third-order valence-corrected chi connectivity index (χ3v) is 4.67. The average molecular weight is 253 g/mol. The highest BCUT2D eigenvalue weighted by atomic mass is 16.5. The summed E-state index contributed by atoms with van der Waals surface area (Å²) in [6, 6.07) is 0. The zero-order valence-corrected chi connectivity index (χ0v) is 12.3. The van der Waals surface area contributed by atoms with Crippen LogP contribution in [0.4, 0.5) is 0 Å². The molecule has 0 aromatic heterocycles. The van der Waals surface area contributed by atoms with Crippen molar-refractivity contribution in [1.29, 1.82) is 0 Å². The van der Waals surface area contributed by atoms with E-state index in [1.165, 1.54) is 57.9 Å². The number of nitrogens with one attached hydrogen (secondary N) is 1. The van der Waals surface area contributed by atoms with Gasteiger partial charge in [-0.2, -0.15) is 0 Å². The maximum Gasteiger partial charge on any atom is 0.0588 e. The molecule has 1 saturated carbocycles. The van der Waals surface area contributed by atoms with Crippen molar-refractivity contribution in [3.63, 3.8) is 0 Å². The minimum absolute atomic E-state index is 0.544. The number of rotatable bonds is 7. The fourth-order valence-corrected chi connectivity index (χ4v) is 3.93. The van der Waals surface area contributed by atoms with E-state index in [2.05, 4.69) is 19.2 Å². The molecule has 0 aromatic rings. The van der Waals surface area contributed by atoms with E-state index in [1.807, 2.05) is 0 Å². The molecule has 0 spiro atoms. The first-order valence-corrected chi connectivity index (χ1v) is 8.03. The van der Waals surface area contributed by atoms with Crippen LogP contribution in [0.2, 0.25) is 0 Å². The Kier molecular flexibility index (Phi) is 5.50. The molecule has 2 nitrogen and oxygen atoms in total. The van der Waals surface area contributed by atoms with Crippen molar-refractivity contribution in [3.8, 4) is 0 Å². The van der Waals surface area contributed by atoms with Crippen LogP contribution in [0.25, 0.3) is 0 Å². The third kappa shape index (κ3) is 4.24. The lowest BCUT2D eigenvalue weighted by molar-refractivity contribution is 0.103. The highest BCUT2D eigenvalue weighted by Crippen LogP contribution is 2.42. The molecule has 18 heavy (non-hydrogen) atoms. The zero-order valence-electron chi connectivity index (χ0n) is 12.3. The highest BCUT2D eigenvalue weighted by molar-refractivity contribution is 4.87. The second-order valence-electron chi connectivity index (χ2n) is 6.91. The Morgan fingerprint density at radius 2 is 2.00 bits per heavy atom. The van der Waals surface area contributed by atoms with E-state index in [1.54, 1.807) is 0 Å². The van der Waals surface area contributed by atoms with Gasteiger partial charge in [-0.3, -0.25) is 0 Å². The van der Waals surface area contributed by atoms with E-state index >= 15 is 0 Å². The van der Waals surface area contributed by atoms with Crippen molar-refractivity contribution < 1.29 is 4.74 Å². The van der Waals surface area contributed by atoms with Gasteiger partial charge >= 0.3 is 0 Å². The van der Waals surface area contributed by atoms with E-state index in [-0.39, 0.29) is 0 Å². The van der Waals surface area contributed by atoms with Crippen LogP contribution in [0.15, 0.2) is 0 Å². The van der Waals surface area contributed by atoms with Gasteiger partial charge in [-0.05, 0) is 56.4 Å². The Labute approximate surface area is 113 Å². The molecular formula is C16H31NO. The summed E-state index contributed by atoms with van der Waals surface area (Å²) < 4.78 is 5.67. The molecule has 2 aliphatic rings. The summed E-state index contributed by atoms with van der Waals surface area (Å²) in [6.45, 7) is 8.10. The molecule has 2 rings (SSSR count). The summed E-state index contributed by atoms with van der Waals surface area (Å²) in [7, 11) is 0. The van der Waals surface area contributed by atoms with Crippen LogP contribution in [-0.4, -0.2) is 25.8 Å². The molecule has 1 heterocycles. The summed E-state index contributed by atoms with van der Waals surface area (Å²) >= 11 is 0. The molecule has 1 saturated heterocycles. The Hall–Kier alpha value is -0.0800. The van der Waals surface area contributed by atoms with Crippen LogP contribution in [0.3, 0.4) is 0 Å². The van der Waals surface area contributed by atoms with Gasteiger partial charge in [-0.15, -0.1) is 0 Å². The molecule has 1 aliphatic heterocycles. The Balaban J connectivity index is 1.65. The van der Waals surface area contributed by atoms with Crippen molar-refractivity contribution in [2.24, 2.45) is 11.3 Å². The van der Waals surface area contributed by atoms with Gasteiger partial charge in [-0.1, -0.05) is 26.7 Å². The molecule has 2 heteroatoms. The summed E-state index contributed by atoms with van der Waals surface area (Å²) in [4.78, 5) is 0. The zero-order chi connectivity index (χ0) is 12.8. The van der Waals surface area contributed by atoms with E-state index in [4.69, 9.17) is 4.74 Å². The van der Waals surface area contributed by atoms with Crippen molar-refractivity contribution in [3.05, 3.63) is 0 Å². The molecule has 106 valence electrons. The molecule has 1 aliphatic carbocycles. The topological polar surface area (TPSA) is 21.3 Å². The van der Waals surface area contributed by atoms with Gasteiger partial charge in [0.25, 0.3) is 0 Å². The van der Waals surface area contributed by atoms with Gasteiger partial charge in [0.2, 0.25) is 0 Å². The molecule has 2 fully saturated rings. The van der Waals surface area contributed by atoms with E-state index in [0.29, 0.717) is 11.5 Å². The van der Waals surface area contributed by atoms with Gasteiger partial charge in [0.05, 0.1) is 6.10 Å². The van der Waals surface area contributed by atoms with E-state index in [0.717, 1.165) is 19.1 Å². The third-order valence-electron chi connectivity index (χ3n) is 4.67. The predicted octanol–water partition coefficient (Wildman–Crippen LogP) is 3.75. The minimum atomic E-state index is 0.544. The van der Waals surface area contributed by atoms with E-state index < -0.39 is 0 Å². The number of ether oxygens (including phenoxy) is 1. The molecule has 0 aromatic carbocycles. The Morgan fingerprint density at radius 1 is 1.22 bits per heavy atom. The van der Waals surface area contributed by atoms with Gasteiger partial charge in [0.1, 0.15) is 0 Å². The number of hydrogen-bond donors (Lipinski definition) is 1. The van der Waals surface area contributed by atoms with Crippen LogP contribution in [0, 0.1) is 11.3 Å². The lowest BCUT2D eigenvalue weighted by Crippen LogP contribution is -2.34. The fourth-order valence-electron chi connectivity index (χ4n) is 3.93. The van der Waals surface area contributed by atoms with Gasteiger partial charge < -0.3 is 10.1 Å². The molecule has 1 N–H and O–H groups in total. The van der Waals surface area contributed by atoms with E-state index in [9.17, 15) is 0 Å². The first-order valence-electron chi connectivity index (χ1n) is 8.03. The molecule has 1 atom stereocenters. The van der Waals surface area contributed by atoms with Crippen LogP contribution in [0.1, 0.15) is 65.2 Å². The van der Waals surface area contributed by atoms with Gasteiger partial charge in [0, 0.05) is 13.2 Å². The van der Waals surface area contributed by atoms with Crippen molar-refractivity contribution in [2.75, 3.05) is 19.7 Å². The maximum atomic E-state index is 5.67. The van der Waals surface area contributed by atoms with Crippen LogP contribution >= 0.6 is 0 Å². The largest absolute Gasteiger partial charge is 0.378 e. The summed E-state index contributed by atoms with van der Waals surface area (Å²) in [5.41, 5.74) is 0.616. The maximum absolute atomic E-state index is 5.67. The van der Waals surface area contributed by atoms with Crippen LogP contribution < -0.4 is 5.32 Å².